The summed E-state index contributed by atoms with van der Waals surface area (Å²) >= 11 is 8.64. The molecule has 0 radical (unpaired) electrons. The van der Waals surface area contributed by atoms with Crippen LogP contribution in [0.1, 0.15) is 35.2 Å². The second-order valence-corrected chi connectivity index (χ2v) is 11.8. The molecule has 3 aromatic carbocycles. The van der Waals surface area contributed by atoms with E-state index in [1.807, 2.05) is 50.2 Å². The fourth-order valence-corrected chi connectivity index (χ4v) is 6.37. The van der Waals surface area contributed by atoms with Gasteiger partial charge in [0.1, 0.15) is 5.76 Å². The largest absolute Gasteiger partial charge is 0.507 e. The molecule has 0 saturated carbocycles. The van der Waals surface area contributed by atoms with Crippen LogP contribution >= 0.6 is 34.7 Å². The zero-order valence-electron chi connectivity index (χ0n) is 22.5. The van der Waals surface area contributed by atoms with E-state index in [-0.39, 0.29) is 16.5 Å². The van der Waals surface area contributed by atoms with Crippen LogP contribution in [0.15, 0.2) is 76.6 Å². The van der Waals surface area contributed by atoms with Gasteiger partial charge in [0.15, 0.2) is 15.8 Å². The number of rotatable bonds is 9. The van der Waals surface area contributed by atoms with Crippen molar-refractivity contribution >= 4 is 57.3 Å². The van der Waals surface area contributed by atoms with Crippen LogP contribution in [0.5, 0.6) is 11.5 Å². The van der Waals surface area contributed by atoms with Gasteiger partial charge in [0, 0.05) is 16.3 Å². The van der Waals surface area contributed by atoms with Crippen molar-refractivity contribution in [1.29, 1.82) is 0 Å². The zero-order valence-corrected chi connectivity index (χ0v) is 24.8. The molecule has 11 heteroatoms. The Morgan fingerprint density at radius 2 is 1.78 bits per heavy atom. The molecule has 0 spiro atoms. The highest BCUT2D eigenvalue weighted by atomic mass is 35.5. The number of ketones is 1. The first-order valence-electron chi connectivity index (χ1n) is 12.7. The number of carbonyl (C=O) groups is 2. The Morgan fingerprint density at radius 3 is 2.46 bits per heavy atom. The maximum absolute atomic E-state index is 13.5. The van der Waals surface area contributed by atoms with Crippen molar-refractivity contribution < 1.29 is 24.2 Å². The summed E-state index contributed by atoms with van der Waals surface area (Å²) in [6, 6.07) is 18.8. The fraction of sp³-hybridized carbons (Fsp3) is 0.200. The molecule has 2 heterocycles. The Balaban J connectivity index is 1.57. The average Bonchev–Trinajstić information content (AvgIpc) is 3.55. The molecular formula is C30H26ClN3O5S2. The first-order chi connectivity index (χ1) is 19.8. The maximum Gasteiger partial charge on any atom is 0.301 e. The molecule has 4 aromatic rings. The topological polar surface area (TPSA) is 102 Å². The summed E-state index contributed by atoms with van der Waals surface area (Å²) in [5.41, 5.74) is 2.97. The van der Waals surface area contributed by atoms with Gasteiger partial charge in [-0.1, -0.05) is 82.7 Å². The number of hydrogen-bond acceptors (Lipinski definition) is 9. The predicted molar refractivity (Wildman–Crippen MR) is 161 cm³/mol. The number of aromatic nitrogens is 2. The molecule has 1 atom stereocenters. The lowest BCUT2D eigenvalue weighted by Crippen LogP contribution is -2.29. The monoisotopic (exact) mass is 607 g/mol. The highest BCUT2D eigenvalue weighted by Crippen LogP contribution is 2.45. The van der Waals surface area contributed by atoms with Crippen LogP contribution < -0.4 is 14.4 Å². The van der Waals surface area contributed by atoms with Crippen molar-refractivity contribution in [3.8, 4) is 11.5 Å². The molecular weight excluding hydrogens is 582 g/mol. The number of hydrogen-bond donors (Lipinski definition) is 1. The average molecular weight is 608 g/mol. The van der Waals surface area contributed by atoms with E-state index >= 15 is 0 Å². The molecule has 1 N–H and O–H groups in total. The third kappa shape index (κ3) is 5.95. The molecule has 0 bridgehead atoms. The standard InChI is InChI=1S/C30H26ClN3O5S2/c1-4-39-22-14-11-20(15-23(22)38-3)25-24(26(35)19-9-5-17(2)6-10-19)27(36)28(37)34(25)29-32-33-30(41-29)40-16-18-7-12-21(31)13-8-18/h5-15,25,35H,4,16H2,1-3H3/b26-24-. The van der Waals surface area contributed by atoms with Gasteiger partial charge in [-0.05, 0) is 49.2 Å². The van der Waals surface area contributed by atoms with Gasteiger partial charge in [0.05, 0.1) is 25.3 Å². The number of nitrogens with zero attached hydrogens (tertiary/aromatic N) is 3. The van der Waals surface area contributed by atoms with Crippen molar-refractivity contribution in [2.75, 3.05) is 18.6 Å². The first-order valence-corrected chi connectivity index (χ1v) is 14.9. The summed E-state index contributed by atoms with van der Waals surface area (Å²) in [5, 5.41) is 20.8. The normalized spacial score (nSPS) is 16.3. The van der Waals surface area contributed by atoms with E-state index in [2.05, 4.69) is 10.2 Å². The minimum absolute atomic E-state index is 0.0457. The van der Waals surface area contributed by atoms with Crippen LogP contribution in [0.25, 0.3) is 5.76 Å². The minimum Gasteiger partial charge on any atom is -0.507 e. The van der Waals surface area contributed by atoms with Crippen LogP contribution in [0.2, 0.25) is 5.02 Å². The second-order valence-electron chi connectivity index (χ2n) is 9.14. The SMILES string of the molecule is CCOc1ccc(C2/C(=C(/O)c3ccc(C)cc3)C(=O)C(=O)N2c2nnc(SCc3ccc(Cl)cc3)s2)cc1OC. The minimum atomic E-state index is -0.969. The molecule has 1 amide bonds. The number of halogens is 1. The highest BCUT2D eigenvalue weighted by molar-refractivity contribution is 8.00. The molecule has 1 aliphatic rings. The maximum atomic E-state index is 13.5. The number of anilines is 1. The van der Waals surface area contributed by atoms with E-state index in [9.17, 15) is 14.7 Å². The number of methoxy groups -OCH3 is 1. The van der Waals surface area contributed by atoms with Gasteiger partial charge in [-0.3, -0.25) is 14.5 Å². The van der Waals surface area contributed by atoms with Crippen molar-refractivity contribution in [2.45, 2.75) is 30.0 Å². The summed E-state index contributed by atoms with van der Waals surface area (Å²) < 4.78 is 11.8. The lowest BCUT2D eigenvalue weighted by Gasteiger charge is -2.23. The number of Topliss-reactive ketones (excluding diaryl/α,β-unsaturated/α-hetero) is 1. The molecule has 5 rings (SSSR count). The van der Waals surface area contributed by atoms with Gasteiger partial charge in [0.2, 0.25) is 5.13 Å². The van der Waals surface area contributed by atoms with E-state index in [4.69, 9.17) is 21.1 Å². The molecule has 1 aliphatic heterocycles. The number of amides is 1. The molecule has 41 heavy (non-hydrogen) atoms. The third-order valence-electron chi connectivity index (χ3n) is 6.45. The van der Waals surface area contributed by atoms with Gasteiger partial charge >= 0.3 is 5.91 Å². The molecule has 1 saturated heterocycles. The Kier molecular flexibility index (Phi) is 8.63. The van der Waals surface area contributed by atoms with Gasteiger partial charge in [-0.15, -0.1) is 10.2 Å². The van der Waals surface area contributed by atoms with Gasteiger partial charge in [-0.2, -0.15) is 0 Å². The summed E-state index contributed by atoms with van der Waals surface area (Å²) in [6.45, 7) is 4.22. The molecule has 8 nitrogen and oxygen atoms in total. The van der Waals surface area contributed by atoms with Gasteiger partial charge in [-0.25, -0.2) is 0 Å². The quantitative estimate of drug-likeness (QED) is 0.0726. The van der Waals surface area contributed by atoms with Crippen LogP contribution in [-0.4, -0.2) is 40.7 Å². The number of carbonyl (C=O) groups excluding carboxylic acids is 2. The number of benzene rings is 3. The van der Waals surface area contributed by atoms with Crippen LogP contribution in [0.4, 0.5) is 5.13 Å². The van der Waals surface area contributed by atoms with Crippen LogP contribution in [0, 0.1) is 6.92 Å². The Labute approximate surface area is 250 Å². The van der Waals surface area contributed by atoms with Crippen molar-refractivity contribution in [3.63, 3.8) is 0 Å². The summed E-state index contributed by atoms with van der Waals surface area (Å²) in [7, 11) is 1.51. The van der Waals surface area contributed by atoms with E-state index < -0.39 is 17.7 Å². The van der Waals surface area contributed by atoms with E-state index in [1.54, 1.807) is 30.3 Å². The Bertz CT molecular complexity index is 1620. The van der Waals surface area contributed by atoms with Crippen LogP contribution in [0.3, 0.4) is 0 Å². The lowest BCUT2D eigenvalue weighted by molar-refractivity contribution is -0.132. The molecule has 1 fully saturated rings. The van der Waals surface area contributed by atoms with Gasteiger partial charge in [0.25, 0.3) is 5.78 Å². The third-order valence-corrected chi connectivity index (χ3v) is 8.83. The highest BCUT2D eigenvalue weighted by Gasteiger charge is 2.48. The summed E-state index contributed by atoms with van der Waals surface area (Å²) in [6.07, 6.45) is 0. The summed E-state index contributed by atoms with van der Waals surface area (Å²) in [5.74, 6) is -0.316. The van der Waals surface area contributed by atoms with Crippen LogP contribution in [-0.2, 0) is 15.3 Å². The van der Waals surface area contributed by atoms with E-state index in [0.717, 1.165) is 11.1 Å². The Hall–Kier alpha value is -3.86. The first kappa shape index (κ1) is 28.7. The molecule has 1 aromatic heterocycles. The zero-order chi connectivity index (χ0) is 29.1. The van der Waals surface area contributed by atoms with Crippen molar-refractivity contribution in [1.82, 2.24) is 10.2 Å². The van der Waals surface area contributed by atoms with Gasteiger partial charge < -0.3 is 14.6 Å². The second kappa shape index (κ2) is 12.3. The number of thioether (sulfide) groups is 1. The van der Waals surface area contributed by atoms with Crippen molar-refractivity contribution in [3.05, 3.63) is 99.6 Å². The predicted octanol–water partition coefficient (Wildman–Crippen LogP) is 6.83. The fourth-order valence-electron chi connectivity index (χ4n) is 4.43. The molecule has 210 valence electrons. The molecule has 1 unspecified atom stereocenters. The van der Waals surface area contributed by atoms with Crippen molar-refractivity contribution in [2.24, 2.45) is 0 Å². The molecule has 0 aliphatic carbocycles. The number of aliphatic hydroxyl groups is 1. The Morgan fingerprint density at radius 1 is 1.05 bits per heavy atom. The number of aryl methyl sites for hydroxylation is 1. The lowest BCUT2D eigenvalue weighted by atomic mass is 9.95. The van der Waals surface area contributed by atoms with E-state index in [1.165, 1.54) is 35.1 Å². The number of ether oxygens (including phenoxy) is 2. The smallest absolute Gasteiger partial charge is 0.301 e. The number of aliphatic hydroxyl groups excluding tert-OH is 1. The van der Waals surface area contributed by atoms with E-state index in [0.29, 0.717) is 44.3 Å². The summed E-state index contributed by atoms with van der Waals surface area (Å²) in [4.78, 5) is 28.3.